The Morgan fingerprint density at radius 1 is 1.53 bits per heavy atom. The molecule has 0 saturated carbocycles. The number of carbonyl (C=O) groups excluding carboxylic acids is 2. The maximum absolute atomic E-state index is 12.0. The van der Waals surface area contributed by atoms with Crippen LogP contribution in [0.5, 0.6) is 0 Å². The second kappa shape index (κ2) is 7.62. The molecule has 1 heterocycles. The Hall–Kier alpha value is -0.920. The van der Waals surface area contributed by atoms with Crippen LogP contribution in [0.2, 0.25) is 0 Å². The van der Waals surface area contributed by atoms with Crippen LogP contribution in [0.15, 0.2) is 15.9 Å². The van der Waals surface area contributed by atoms with Gasteiger partial charge in [-0.05, 0) is 41.9 Å². The Balaban J connectivity index is 2.61. The molecule has 0 aromatic carbocycles. The van der Waals surface area contributed by atoms with Gasteiger partial charge >= 0.3 is 0 Å². The van der Waals surface area contributed by atoms with E-state index >= 15 is 0 Å². The minimum Gasteiger partial charge on any atom is -0.395 e. The van der Waals surface area contributed by atoms with Crippen LogP contribution in [-0.4, -0.2) is 47.6 Å². The third-order valence-electron chi connectivity index (χ3n) is 2.58. The molecule has 5 nitrogen and oxygen atoms in total. The summed E-state index contributed by atoms with van der Waals surface area (Å²) >= 11 is 4.60. The zero-order valence-electron chi connectivity index (χ0n) is 10.9. The zero-order chi connectivity index (χ0) is 14.4. The number of thiophene rings is 1. The number of carbonyl (C=O) groups is 2. The van der Waals surface area contributed by atoms with E-state index in [4.69, 9.17) is 5.11 Å². The fourth-order valence-electron chi connectivity index (χ4n) is 1.58. The van der Waals surface area contributed by atoms with Gasteiger partial charge in [-0.3, -0.25) is 9.59 Å². The summed E-state index contributed by atoms with van der Waals surface area (Å²) < 4.78 is 0.868. The number of hydrogen-bond acceptors (Lipinski definition) is 4. The average molecular weight is 349 g/mol. The second-order valence-corrected chi connectivity index (χ2v) is 6.40. The summed E-state index contributed by atoms with van der Waals surface area (Å²) in [7, 11) is 0. The first-order valence-electron chi connectivity index (χ1n) is 5.95. The first kappa shape index (κ1) is 16.1. The van der Waals surface area contributed by atoms with Crippen LogP contribution >= 0.6 is 27.3 Å². The molecule has 0 bridgehead atoms. The smallest absolute Gasteiger partial charge is 0.262 e. The van der Waals surface area contributed by atoms with E-state index in [0.29, 0.717) is 11.4 Å². The van der Waals surface area contributed by atoms with Crippen molar-refractivity contribution in [2.75, 3.05) is 19.7 Å². The van der Waals surface area contributed by atoms with Crippen molar-refractivity contribution in [2.45, 2.75) is 19.9 Å². The van der Waals surface area contributed by atoms with Crippen molar-refractivity contribution in [3.05, 3.63) is 20.8 Å². The molecule has 7 heteroatoms. The molecule has 1 unspecified atom stereocenters. The lowest BCUT2D eigenvalue weighted by Gasteiger charge is -2.23. The van der Waals surface area contributed by atoms with E-state index in [2.05, 4.69) is 21.2 Å². The predicted octanol–water partition coefficient (Wildman–Crippen LogP) is 1.47. The monoisotopic (exact) mass is 348 g/mol. The summed E-state index contributed by atoms with van der Waals surface area (Å²) in [5, 5.41) is 11.5. The highest BCUT2D eigenvalue weighted by Gasteiger charge is 2.21. The number of aliphatic hydroxyl groups is 1. The Kier molecular flexibility index (Phi) is 6.47. The number of likely N-dealkylation sites (N-methyl/N-ethyl adjacent to an activating group) is 1. The molecule has 0 aliphatic heterocycles. The first-order chi connectivity index (χ1) is 8.99. The summed E-state index contributed by atoms with van der Waals surface area (Å²) in [6.07, 6.45) is 0. The number of hydrogen-bond donors (Lipinski definition) is 2. The van der Waals surface area contributed by atoms with Gasteiger partial charge in [0.05, 0.1) is 15.3 Å². The van der Waals surface area contributed by atoms with Gasteiger partial charge in [0, 0.05) is 13.1 Å². The summed E-state index contributed by atoms with van der Waals surface area (Å²) in [5.74, 6) is -0.461. The summed E-state index contributed by atoms with van der Waals surface area (Å²) in [4.78, 5) is 26.0. The van der Waals surface area contributed by atoms with Crippen molar-refractivity contribution in [2.24, 2.45) is 0 Å². The molecule has 1 aromatic rings. The molecular weight excluding hydrogens is 332 g/mol. The minimum atomic E-state index is -0.611. The summed E-state index contributed by atoms with van der Waals surface area (Å²) in [6.45, 7) is 4.17. The largest absolute Gasteiger partial charge is 0.395 e. The molecule has 2 N–H and O–H groups in total. The fourth-order valence-corrected chi connectivity index (χ4v) is 2.87. The summed E-state index contributed by atoms with van der Waals surface area (Å²) in [6, 6.07) is 2.88. The number of halogens is 1. The van der Waals surface area contributed by atoms with E-state index in [1.54, 1.807) is 19.1 Å². The molecule has 0 aliphatic rings. The maximum Gasteiger partial charge on any atom is 0.262 e. The molecule has 1 aromatic heterocycles. The van der Waals surface area contributed by atoms with Gasteiger partial charge in [-0.2, -0.15) is 0 Å². The number of nitrogens with zero attached hydrogens (tertiary/aromatic N) is 1. The van der Waals surface area contributed by atoms with Gasteiger partial charge in [0.25, 0.3) is 5.91 Å². The molecule has 106 valence electrons. The Morgan fingerprint density at radius 3 is 2.68 bits per heavy atom. The SMILES string of the molecule is CCN(CCO)C(=O)C(C)NC(=O)c1ccc(Br)s1. The Morgan fingerprint density at radius 2 is 2.21 bits per heavy atom. The predicted molar refractivity (Wildman–Crippen MR) is 78.3 cm³/mol. The van der Waals surface area contributed by atoms with Crippen LogP contribution in [0.25, 0.3) is 0 Å². The number of nitrogens with one attached hydrogen (secondary N) is 1. The van der Waals surface area contributed by atoms with Gasteiger partial charge in [-0.1, -0.05) is 0 Å². The van der Waals surface area contributed by atoms with Crippen molar-refractivity contribution in [1.29, 1.82) is 0 Å². The van der Waals surface area contributed by atoms with Crippen LogP contribution in [0.1, 0.15) is 23.5 Å². The molecule has 19 heavy (non-hydrogen) atoms. The molecular formula is C12H17BrN2O3S. The minimum absolute atomic E-state index is 0.0852. The van der Waals surface area contributed by atoms with Crippen molar-refractivity contribution < 1.29 is 14.7 Å². The normalized spacial score (nSPS) is 12.0. The van der Waals surface area contributed by atoms with Crippen molar-refractivity contribution in [1.82, 2.24) is 10.2 Å². The summed E-state index contributed by atoms with van der Waals surface area (Å²) in [5.41, 5.74) is 0. The number of rotatable bonds is 6. The Labute approximate surface area is 124 Å². The lowest BCUT2D eigenvalue weighted by Crippen LogP contribution is -2.47. The van der Waals surface area contributed by atoms with E-state index in [1.807, 2.05) is 6.92 Å². The standard InChI is InChI=1S/C12H17BrN2O3S/c1-3-15(6-7-16)12(18)8(2)14-11(17)9-4-5-10(13)19-9/h4-5,8,16H,3,6-7H2,1-2H3,(H,14,17). The van der Waals surface area contributed by atoms with Gasteiger partial charge in [0.1, 0.15) is 6.04 Å². The van der Waals surface area contributed by atoms with Gasteiger partial charge in [-0.25, -0.2) is 0 Å². The molecule has 0 spiro atoms. The quantitative estimate of drug-likeness (QED) is 0.817. The highest BCUT2D eigenvalue weighted by molar-refractivity contribution is 9.11. The highest BCUT2D eigenvalue weighted by Crippen LogP contribution is 2.21. The van der Waals surface area contributed by atoms with E-state index in [-0.39, 0.29) is 25.0 Å². The lowest BCUT2D eigenvalue weighted by molar-refractivity contribution is -0.133. The maximum atomic E-state index is 12.0. The zero-order valence-corrected chi connectivity index (χ0v) is 13.3. The lowest BCUT2D eigenvalue weighted by atomic mass is 10.2. The first-order valence-corrected chi connectivity index (χ1v) is 7.56. The van der Waals surface area contributed by atoms with Gasteiger partial charge in [0.2, 0.25) is 5.91 Å². The van der Waals surface area contributed by atoms with E-state index < -0.39 is 6.04 Å². The fraction of sp³-hybridized carbons (Fsp3) is 0.500. The molecule has 0 fully saturated rings. The third kappa shape index (κ3) is 4.59. The average Bonchev–Trinajstić information content (AvgIpc) is 2.81. The van der Waals surface area contributed by atoms with Crippen LogP contribution < -0.4 is 5.32 Å². The molecule has 2 amide bonds. The molecule has 1 rings (SSSR count). The number of amides is 2. The van der Waals surface area contributed by atoms with Crippen molar-refractivity contribution in [3.8, 4) is 0 Å². The van der Waals surface area contributed by atoms with Crippen molar-refractivity contribution in [3.63, 3.8) is 0 Å². The second-order valence-electron chi connectivity index (χ2n) is 3.94. The molecule has 0 saturated heterocycles. The van der Waals surface area contributed by atoms with Crippen LogP contribution in [0.3, 0.4) is 0 Å². The topological polar surface area (TPSA) is 69.6 Å². The number of aliphatic hydroxyl groups excluding tert-OH is 1. The van der Waals surface area contributed by atoms with Gasteiger partial charge in [-0.15, -0.1) is 11.3 Å². The van der Waals surface area contributed by atoms with Crippen molar-refractivity contribution >= 4 is 39.1 Å². The van der Waals surface area contributed by atoms with E-state index in [0.717, 1.165) is 3.79 Å². The third-order valence-corrected chi connectivity index (χ3v) is 4.20. The van der Waals surface area contributed by atoms with E-state index in [9.17, 15) is 9.59 Å². The molecule has 1 atom stereocenters. The van der Waals surface area contributed by atoms with E-state index in [1.165, 1.54) is 16.2 Å². The molecule has 0 radical (unpaired) electrons. The van der Waals surface area contributed by atoms with Crippen LogP contribution in [0.4, 0.5) is 0 Å². The van der Waals surface area contributed by atoms with Gasteiger partial charge in [0.15, 0.2) is 0 Å². The van der Waals surface area contributed by atoms with Gasteiger partial charge < -0.3 is 15.3 Å². The van der Waals surface area contributed by atoms with Crippen LogP contribution in [0, 0.1) is 0 Å². The molecule has 0 aliphatic carbocycles. The van der Waals surface area contributed by atoms with Crippen LogP contribution in [-0.2, 0) is 4.79 Å². The highest BCUT2D eigenvalue weighted by atomic mass is 79.9. The Bertz CT molecular complexity index is 450.